The third kappa shape index (κ3) is 6.75. The first-order chi connectivity index (χ1) is 20.1. The minimum Gasteiger partial charge on any atom is -0.391 e. The van der Waals surface area contributed by atoms with Gasteiger partial charge in [0.15, 0.2) is 0 Å². The molecule has 4 N–H and O–H groups in total. The Morgan fingerprint density at radius 1 is 1.14 bits per heavy atom. The van der Waals surface area contributed by atoms with E-state index in [0.717, 1.165) is 25.0 Å². The summed E-state index contributed by atoms with van der Waals surface area (Å²) in [6, 6.07) is -0.636. The number of aromatic nitrogens is 3. The summed E-state index contributed by atoms with van der Waals surface area (Å²) in [5.41, 5.74) is 0. The molecule has 0 radical (unpaired) electrons. The molecule has 42 heavy (non-hydrogen) atoms. The van der Waals surface area contributed by atoms with E-state index < -0.39 is 18.1 Å². The first-order valence-electron chi connectivity index (χ1n) is 14.2. The summed E-state index contributed by atoms with van der Waals surface area (Å²) in [5.74, 6) is 0.724. The second-order valence-corrected chi connectivity index (χ2v) is 12.6. The Morgan fingerprint density at radius 3 is 2.64 bits per heavy atom. The number of aliphatic hydroxyl groups excluding tert-OH is 1. The molecule has 4 aliphatic heterocycles. The molecule has 0 bridgehead atoms. The molecule has 15 nitrogen and oxygen atoms in total. The highest BCUT2D eigenvalue weighted by Gasteiger charge is 2.43. The molecule has 5 atom stereocenters. The van der Waals surface area contributed by atoms with Crippen LogP contribution in [0.4, 0.5) is 16.7 Å². The van der Waals surface area contributed by atoms with Gasteiger partial charge in [0.05, 0.1) is 18.2 Å². The summed E-state index contributed by atoms with van der Waals surface area (Å²) in [7, 11) is 1.48. The Morgan fingerprint density at radius 2 is 1.90 bits per heavy atom. The standard InChI is InChI=1S/C25H37ClN10O5S/c1-14(37)20-21(40)36(11-17(38)33(20)2)12-18(39)34-7-9-35(10-8-34)24-31-22(26)30-23(32-24)27-6-4-3-5-16-19-15(13-42-16)28-25(41)29-19/h14-16,19-20,37H,3-13H2,1-2H3,(H2,28,29,41)(H,27,30,31,32)/t14-,15+,16+,19+,20+/m1/s1. The van der Waals surface area contributed by atoms with Gasteiger partial charge >= 0.3 is 6.03 Å². The average molecular weight is 625 g/mol. The lowest BCUT2D eigenvalue weighted by molar-refractivity contribution is -0.160. The van der Waals surface area contributed by atoms with Gasteiger partial charge in [-0.15, -0.1) is 0 Å². The van der Waals surface area contributed by atoms with Crippen molar-refractivity contribution in [2.75, 3.05) is 68.8 Å². The molecule has 0 spiro atoms. The minimum absolute atomic E-state index is 0.0704. The maximum atomic E-state index is 13.0. The van der Waals surface area contributed by atoms with Crippen LogP contribution in [0.25, 0.3) is 0 Å². The van der Waals surface area contributed by atoms with Crippen LogP contribution in [0.1, 0.15) is 26.2 Å². The van der Waals surface area contributed by atoms with Crippen LogP contribution in [0.3, 0.4) is 0 Å². The fourth-order valence-corrected chi connectivity index (χ4v) is 7.52. The number of unbranched alkanes of at least 4 members (excludes halogenated alkanes) is 1. The normalized spacial score (nSPS) is 26.7. The first kappa shape index (κ1) is 30.4. The molecule has 17 heteroatoms. The number of amides is 5. The Hall–Kier alpha value is -3.11. The zero-order chi connectivity index (χ0) is 30.0. The Bertz CT molecular complexity index is 1200. The summed E-state index contributed by atoms with van der Waals surface area (Å²) in [5, 5.41) is 19.7. The highest BCUT2D eigenvalue weighted by molar-refractivity contribution is 8.00. The number of hydrogen-bond acceptors (Lipinski definition) is 11. The van der Waals surface area contributed by atoms with Crippen molar-refractivity contribution in [3.63, 3.8) is 0 Å². The average Bonchev–Trinajstić information content (AvgIpc) is 3.50. The molecule has 5 rings (SSSR count). The van der Waals surface area contributed by atoms with Gasteiger partial charge in [-0.2, -0.15) is 26.7 Å². The lowest BCUT2D eigenvalue weighted by atomic mass is 10.0. The van der Waals surface area contributed by atoms with Crippen LogP contribution in [0.2, 0.25) is 5.28 Å². The largest absolute Gasteiger partial charge is 0.391 e. The number of urea groups is 1. The molecule has 0 unspecified atom stereocenters. The van der Waals surface area contributed by atoms with Crippen molar-refractivity contribution < 1.29 is 24.3 Å². The van der Waals surface area contributed by atoms with Gasteiger partial charge in [0.25, 0.3) is 0 Å². The second kappa shape index (κ2) is 13.0. The van der Waals surface area contributed by atoms with Crippen LogP contribution in [0.15, 0.2) is 0 Å². The molecule has 1 aromatic rings. The van der Waals surface area contributed by atoms with Gasteiger partial charge in [-0.3, -0.25) is 14.4 Å². The summed E-state index contributed by atoms with van der Waals surface area (Å²) in [4.78, 5) is 68.7. The zero-order valence-corrected chi connectivity index (χ0v) is 25.2. The van der Waals surface area contributed by atoms with Crippen LogP contribution in [0.5, 0.6) is 0 Å². The molecule has 230 valence electrons. The van der Waals surface area contributed by atoms with Crippen LogP contribution in [-0.2, 0) is 14.4 Å². The number of nitrogens with one attached hydrogen (secondary N) is 3. The summed E-state index contributed by atoms with van der Waals surface area (Å²) >= 11 is 8.10. The van der Waals surface area contributed by atoms with Crippen LogP contribution >= 0.6 is 23.4 Å². The number of aliphatic hydroxyl groups is 1. The lowest BCUT2D eigenvalue weighted by Gasteiger charge is -2.40. The smallest absolute Gasteiger partial charge is 0.315 e. The van der Waals surface area contributed by atoms with Crippen LogP contribution in [0, 0.1) is 0 Å². The van der Waals surface area contributed by atoms with E-state index in [4.69, 9.17) is 11.6 Å². The monoisotopic (exact) mass is 624 g/mol. The SMILES string of the molecule is C[C@@H](O)[C@H]1C(=O)N(CC(=O)N2CCN(c3nc(Cl)nc(NCCCC[C@@H]4SC[C@@H]5NC(=O)N[C@@H]54)n3)CC2)CC(=O)N1C. The van der Waals surface area contributed by atoms with Crippen molar-refractivity contribution in [1.29, 1.82) is 0 Å². The fourth-order valence-electron chi connectivity index (χ4n) is 5.82. The fraction of sp³-hybridized carbons (Fsp3) is 0.720. The summed E-state index contributed by atoms with van der Waals surface area (Å²) in [6.07, 6.45) is 1.88. The molecular weight excluding hydrogens is 588 g/mol. The van der Waals surface area contributed by atoms with E-state index in [0.29, 0.717) is 49.9 Å². The number of thioether (sulfide) groups is 1. The maximum absolute atomic E-state index is 13.0. The Kier molecular flexibility index (Phi) is 9.42. The summed E-state index contributed by atoms with van der Waals surface area (Å²) < 4.78 is 0. The van der Waals surface area contributed by atoms with E-state index >= 15 is 0 Å². The van der Waals surface area contributed by atoms with E-state index in [1.807, 2.05) is 16.7 Å². The highest BCUT2D eigenvalue weighted by Crippen LogP contribution is 2.33. The van der Waals surface area contributed by atoms with E-state index in [1.165, 1.54) is 23.8 Å². The van der Waals surface area contributed by atoms with Gasteiger partial charge in [-0.05, 0) is 31.4 Å². The number of hydrogen-bond donors (Lipinski definition) is 4. The number of piperazine rings is 2. The topological polar surface area (TPSA) is 176 Å². The van der Waals surface area contributed by atoms with Crippen LogP contribution < -0.4 is 20.9 Å². The molecule has 4 saturated heterocycles. The third-order valence-corrected chi connectivity index (χ3v) is 9.81. The van der Waals surface area contributed by atoms with Crippen LogP contribution in [-0.4, -0.2) is 147 Å². The van der Waals surface area contributed by atoms with Crippen molar-refractivity contribution >= 4 is 59.0 Å². The van der Waals surface area contributed by atoms with E-state index in [2.05, 4.69) is 30.9 Å². The quantitative estimate of drug-likeness (QED) is 0.185. The second-order valence-electron chi connectivity index (χ2n) is 11.0. The third-order valence-electron chi connectivity index (χ3n) is 8.13. The highest BCUT2D eigenvalue weighted by atomic mass is 35.5. The molecule has 4 aliphatic rings. The summed E-state index contributed by atoms with van der Waals surface area (Å²) in [6.45, 7) is 3.40. The predicted molar refractivity (Wildman–Crippen MR) is 156 cm³/mol. The van der Waals surface area contributed by atoms with Crippen molar-refractivity contribution in [2.24, 2.45) is 0 Å². The predicted octanol–water partition coefficient (Wildman–Crippen LogP) is -1.03. The van der Waals surface area contributed by atoms with Gasteiger partial charge in [0.2, 0.25) is 34.9 Å². The molecular formula is C25H37ClN10O5S. The Balaban J connectivity index is 1.06. The van der Waals surface area contributed by atoms with Gasteiger partial charge in [-0.25, -0.2) is 4.79 Å². The van der Waals surface area contributed by atoms with E-state index in [-0.39, 0.29) is 48.3 Å². The van der Waals surface area contributed by atoms with Gasteiger partial charge in [0.1, 0.15) is 19.1 Å². The molecule has 0 aromatic carbocycles. The zero-order valence-electron chi connectivity index (χ0n) is 23.7. The maximum Gasteiger partial charge on any atom is 0.315 e. The van der Waals surface area contributed by atoms with Crippen molar-refractivity contribution in [1.82, 2.24) is 40.3 Å². The molecule has 0 saturated carbocycles. The molecule has 1 aromatic heterocycles. The van der Waals surface area contributed by atoms with Crippen molar-refractivity contribution in [3.05, 3.63) is 5.28 Å². The van der Waals surface area contributed by atoms with E-state index in [9.17, 15) is 24.3 Å². The van der Waals surface area contributed by atoms with Gasteiger partial charge in [-0.1, -0.05) is 6.42 Å². The minimum atomic E-state index is -1.04. The first-order valence-corrected chi connectivity index (χ1v) is 15.6. The number of likely N-dealkylation sites (N-methyl/N-ethyl adjacent to an activating group) is 1. The molecule has 5 amide bonds. The van der Waals surface area contributed by atoms with Gasteiger partial charge < -0.3 is 40.7 Å². The van der Waals surface area contributed by atoms with E-state index in [1.54, 1.807) is 4.90 Å². The number of nitrogens with zero attached hydrogens (tertiary/aromatic N) is 7. The number of carbonyl (C=O) groups is 4. The molecule has 5 heterocycles. The lowest BCUT2D eigenvalue weighted by Crippen LogP contribution is -2.63. The number of anilines is 2. The number of fused-ring (bicyclic) bond motifs is 1. The van der Waals surface area contributed by atoms with Crippen molar-refractivity contribution in [3.8, 4) is 0 Å². The number of carbonyl (C=O) groups excluding carboxylic acids is 4. The molecule has 0 aliphatic carbocycles. The number of halogens is 1. The molecule has 4 fully saturated rings. The Labute approximate surface area is 253 Å². The van der Waals surface area contributed by atoms with Crippen molar-refractivity contribution in [2.45, 2.75) is 55.7 Å². The number of rotatable bonds is 10. The van der Waals surface area contributed by atoms with Gasteiger partial charge in [0, 0.05) is 50.8 Å².